The lowest BCUT2D eigenvalue weighted by Crippen LogP contribution is -2.22. The van der Waals surface area contributed by atoms with Gasteiger partial charge in [0.1, 0.15) is 22.9 Å². The molecule has 5 heteroatoms. The molecule has 1 aliphatic heterocycles. The molecule has 148 valence electrons. The van der Waals surface area contributed by atoms with E-state index in [0.717, 1.165) is 25.9 Å². The fourth-order valence-corrected chi connectivity index (χ4v) is 2.89. The molecule has 4 nitrogen and oxygen atoms in total. The molecular weight excluding hydrogens is 359 g/mol. The van der Waals surface area contributed by atoms with Gasteiger partial charge in [0.15, 0.2) is 6.29 Å². The van der Waals surface area contributed by atoms with E-state index in [1.165, 1.54) is 12.1 Å². The maximum Gasteiger partial charge on any atom is 0.157 e. The van der Waals surface area contributed by atoms with Gasteiger partial charge in [0, 0.05) is 13.0 Å². The first-order chi connectivity index (χ1) is 13.5. The van der Waals surface area contributed by atoms with E-state index in [2.05, 4.69) is 11.8 Å². The summed E-state index contributed by atoms with van der Waals surface area (Å²) in [5, 5.41) is 10.7. The van der Waals surface area contributed by atoms with Crippen LogP contribution in [0.1, 0.15) is 38.2 Å². The molecule has 0 spiro atoms. The maximum atomic E-state index is 13.0. The van der Waals surface area contributed by atoms with Crippen molar-refractivity contribution in [2.75, 3.05) is 13.2 Å². The zero-order valence-electron chi connectivity index (χ0n) is 16.0. The predicted octanol–water partition coefficient (Wildman–Crippen LogP) is 4.76. The summed E-state index contributed by atoms with van der Waals surface area (Å²) in [4.78, 5) is 0. The molecule has 0 bridgehead atoms. The van der Waals surface area contributed by atoms with Crippen LogP contribution in [-0.4, -0.2) is 24.6 Å². The Hall–Kier alpha value is -2.39. The first-order valence-electron chi connectivity index (χ1n) is 9.52. The quantitative estimate of drug-likeness (QED) is 0.576. The summed E-state index contributed by atoms with van der Waals surface area (Å²) >= 11 is 0. The van der Waals surface area contributed by atoms with Crippen molar-refractivity contribution >= 4 is 0 Å². The van der Waals surface area contributed by atoms with Crippen LogP contribution in [0.3, 0.4) is 0 Å². The standard InChI is InChI=1S/C23H25FO4/c1-23(25,14-3-5-16-27-22-9-2-4-15-26-22)18-7-6-8-21(17-18)28-20-12-10-19(24)11-13-20/h6-8,10-13,17,22,25H,2,4-5,9,15-16H2,1H3. The fourth-order valence-electron chi connectivity index (χ4n) is 2.89. The van der Waals surface area contributed by atoms with Crippen molar-refractivity contribution in [1.29, 1.82) is 0 Å². The molecule has 2 unspecified atom stereocenters. The van der Waals surface area contributed by atoms with Gasteiger partial charge in [0.2, 0.25) is 0 Å². The molecule has 2 atom stereocenters. The lowest BCUT2D eigenvalue weighted by Gasteiger charge is -2.22. The van der Waals surface area contributed by atoms with Crippen LogP contribution in [0.25, 0.3) is 0 Å². The lowest BCUT2D eigenvalue weighted by molar-refractivity contribution is -0.161. The number of hydrogen-bond donors (Lipinski definition) is 1. The highest BCUT2D eigenvalue weighted by Crippen LogP contribution is 2.27. The zero-order valence-corrected chi connectivity index (χ0v) is 16.0. The van der Waals surface area contributed by atoms with Crippen molar-refractivity contribution in [2.45, 2.75) is 44.5 Å². The summed E-state index contributed by atoms with van der Waals surface area (Å²) in [5.74, 6) is 6.61. The third-order valence-corrected chi connectivity index (χ3v) is 4.45. The normalized spacial score (nSPS) is 18.6. The van der Waals surface area contributed by atoms with Crippen LogP contribution < -0.4 is 4.74 Å². The molecule has 1 saturated heterocycles. The Balaban J connectivity index is 1.56. The van der Waals surface area contributed by atoms with E-state index >= 15 is 0 Å². The van der Waals surface area contributed by atoms with Crippen molar-refractivity contribution in [3.05, 3.63) is 59.9 Å². The van der Waals surface area contributed by atoms with Gasteiger partial charge in [0.25, 0.3) is 0 Å². The van der Waals surface area contributed by atoms with Crippen LogP contribution in [0, 0.1) is 17.7 Å². The number of benzene rings is 2. The van der Waals surface area contributed by atoms with Crippen LogP contribution in [0.5, 0.6) is 11.5 Å². The Morgan fingerprint density at radius 1 is 1.18 bits per heavy atom. The van der Waals surface area contributed by atoms with Gasteiger partial charge >= 0.3 is 0 Å². The van der Waals surface area contributed by atoms with Gasteiger partial charge in [-0.2, -0.15) is 0 Å². The molecule has 28 heavy (non-hydrogen) atoms. The minimum atomic E-state index is -1.32. The third kappa shape index (κ3) is 6.07. The van der Waals surface area contributed by atoms with Crippen molar-refractivity contribution in [3.8, 4) is 23.3 Å². The van der Waals surface area contributed by atoms with Gasteiger partial charge < -0.3 is 19.3 Å². The average Bonchev–Trinajstić information content (AvgIpc) is 2.70. The molecule has 3 rings (SSSR count). The molecule has 0 amide bonds. The van der Waals surface area contributed by atoms with Gasteiger partial charge in [-0.15, -0.1) is 0 Å². The third-order valence-electron chi connectivity index (χ3n) is 4.45. The number of aliphatic hydroxyl groups is 1. The second-order valence-electron chi connectivity index (χ2n) is 6.87. The molecule has 0 saturated carbocycles. The van der Waals surface area contributed by atoms with Crippen LogP contribution in [0.4, 0.5) is 4.39 Å². The molecule has 1 aliphatic rings. The van der Waals surface area contributed by atoms with Crippen LogP contribution in [0.15, 0.2) is 48.5 Å². The maximum absolute atomic E-state index is 13.0. The SMILES string of the molecule is CC(O)(C#CCCOC1CCCCO1)c1cccc(Oc2ccc(F)cc2)c1. The Morgan fingerprint density at radius 3 is 2.75 bits per heavy atom. The van der Waals surface area contributed by atoms with E-state index in [9.17, 15) is 9.50 Å². The van der Waals surface area contributed by atoms with E-state index in [4.69, 9.17) is 14.2 Å². The van der Waals surface area contributed by atoms with Crippen molar-refractivity contribution in [2.24, 2.45) is 0 Å². The van der Waals surface area contributed by atoms with Gasteiger partial charge in [-0.1, -0.05) is 24.0 Å². The number of halogens is 1. The first-order valence-corrected chi connectivity index (χ1v) is 9.52. The molecule has 0 aliphatic carbocycles. The number of hydrogen-bond acceptors (Lipinski definition) is 4. The van der Waals surface area contributed by atoms with Crippen LogP contribution in [-0.2, 0) is 15.1 Å². The Labute approximate surface area is 165 Å². The van der Waals surface area contributed by atoms with E-state index in [0.29, 0.717) is 30.1 Å². The summed E-state index contributed by atoms with van der Waals surface area (Å²) in [5.41, 5.74) is -0.695. The average molecular weight is 384 g/mol. The summed E-state index contributed by atoms with van der Waals surface area (Å²) < 4.78 is 29.9. The molecule has 2 aromatic rings. The number of ether oxygens (including phenoxy) is 3. The van der Waals surface area contributed by atoms with Crippen LogP contribution >= 0.6 is 0 Å². The second-order valence-corrected chi connectivity index (χ2v) is 6.87. The topological polar surface area (TPSA) is 47.9 Å². The highest BCUT2D eigenvalue weighted by atomic mass is 19.1. The summed E-state index contributed by atoms with van der Waals surface area (Å²) in [7, 11) is 0. The largest absolute Gasteiger partial charge is 0.457 e. The molecule has 1 N–H and O–H groups in total. The van der Waals surface area contributed by atoms with E-state index < -0.39 is 5.60 Å². The van der Waals surface area contributed by atoms with Gasteiger partial charge in [0.05, 0.1) is 6.61 Å². The predicted molar refractivity (Wildman–Crippen MR) is 104 cm³/mol. The minimum Gasteiger partial charge on any atom is -0.457 e. The first kappa shape index (κ1) is 20.3. The summed E-state index contributed by atoms with van der Waals surface area (Å²) in [6.45, 7) is 2.87. The van der Waals surface area contributed by atoms with E-state index in [1.54, 1.807) is 43.3 Å². The Morgan fingerprint density at radius 2 is 2.00 bits per heavy atom. The Bertz CT molecular complexity index is 814. The Kier molecular flexibility index (Phi) is 7.05. The second kappa shape index (κ2) is 9.70. The molecular formula is C23H25FO4. The van der Waals surface area contributed by atoms with E-state index in [1.807, 2.05) is 0 Å². The van der Waals surface area contributed by atoms with Crippen LogP contribution in [0.2, 0.25) is 0 Å². The molecule has 0 radical (unpaired) electrons. The van der Waals surface area contributed by atoms with Crippen molar-refractivity contribution in [1.82, 2.24) is 0 Å². The van der Waals surface area contributed by atoms with Gasteiger partial charge in [-0.25, -0.2) is 4.39 Å². The van der Waals surface area contributed by atoms with E-state index in [-0.39, 0.29) is 12.1 Å². The van der Waals surface area contributed by atoms with Gasteiger partial charge in [-0.05, 0) is 68.1 Å². The lowest BCUT2D eigenvalue weighted by atomic mass is 9.96. The molecule has 0 aromatic heterocycles. The highest BCUT2D eigenvalue weighted by Gasteiger charge is 2.20. The number of rotatable bonds is 6. The zero-order chi connectivity index (χ0) is 19.8. The monoisotopic (exact) mass is 384 g/mol. The van der Waals surface area contributed by atoms with Gasteiger partial charge in [-0.3, -0.25) is 0 Å². The van der Waals surface area contributed by atoms with Crippen molar-refractivity contribution in [3.63, 3.8) is 0 Å². The highest BCUT2D eigenvalue weighted by molar-refractivity contribution is 5.39. The summed E-state index contributed by atoms with van der Waals surface area (Å²) in [6, 6.07) is 12.8. The minimum absolute atomic E-state index is 0.128. The fraction of sp³-hybridized carbons (Fsp3) is 0.391. The van der Waals surface area contributed by atoms with Crippen molar-refractivity contribution < 1.29 is 23.7 Å². The molecule has 2 aromatic carbocycles. The summed E-state index contributed by atoms with van der Waals surface area (Å²) in [6.07, 6.45) is 3.53. The molecule has 1 heterocycles. The molecule has 1 fully saturated rings. The smallest absolute Gasteiger partial charge is 0.157 e.